The number of halogens is 2. The highest BCUT2D eigenvalue weighted by molar-refractivity contribution is 9.29. The first-order valence-electron chi connectivity index (χ1n) is 10.4. The van der Waals surface area contributed by atoms with Crippen LogP contribution in [0, 0.1) is 0 Å². The fraction of sp³-hybridized carbons (Fsp3) is 0.667. The van der Waals surface area contributed by atoms with E-state index in [2.05, 4.69) is 55.6 Å². The lowest BCUT2D eigenvalue weighted by atomic mass is 10.1. The van der Waals surface area contributed by atoms with Gasteiger partial charge in [-0.2, -0.15) is 0 Å². The second kappa shape index (κ2) is 11.3. The van der Waals surface area contributed by atoms with Crippen molar-refractivity contribution in [3.05, 3.63) is 12.7 Å². The fourth-order valence-electron chi connectivity index (χ4n) is 3.42. The van der Waals surface area contributed by atoms with Gasteiger partial charge in [0.25, 0.3) is 2.72 Å². The number of ether oxygens (including phenoxy) is 1. The number of nitrogens with zero attached hydrogens (tertiary/aromatic N) is 5. The van der Waals surface area contributed by atoms with Gasteiger partial charge in [-0.15, -0.1) is 0 Å². The van der Waals surface area contributed by atoms with Crippen molar-refractivity contribution in [3.8, 4) is 0 Å². The van der Waals surface area contributed by atoms with Gasteiger partial charge in [0, 0.05) is 13.1 Å². The standard InChI is InChI=1S/C15H24Br2N5O12P3/c1-3-21(4-2)12-9-13(19-6-18-12)22(7-20-9)14-11(24)10(23)8(33-14)5-32-37(30,31)34-36(28,29)15(16,17)35(25,26)27/h6-8,10-11,14,23-24H,3-5H2,1-2H3,(H,28,29)(H,30,31)(H2,25,26,27)/t8-,10+,11+,14-/m1/s1. The van der Waals surface area contributed by atoms with Crippen molar-refractivity contribution in [1.82, 2.24) is 19.5 Å². The zero-order valence-electron chi connectivity index (χ0n) is 19.1. The van der Waals surface area contributed by atoms with Crippen molar-refractivity contribution in [2.24, 2.45) is 0 Å². The Labute approximate surface area is 226 Å². The molecule has 22 heteroatoms. The average molecular weight is 719 g/mol. The van der Waals surface area contributed by atoms with Gasteiger partial charge in [0.15, 0.2) is 23.2 Å². The molecular weight excluding hydrogens is 695 g/mol. The highest BCUT2D eigenvalue weighted by atomic mass is 79.9. The molecule has 6 atom stereocenters. The molecule has 0 bridgehead atoms. The van der Waals surface area contributed by atoms with E-state index in [9.17, 15) is 43.5 Å². The number of aliphatic hydroxyl groups is 2. The maximum absolute atomic E-state index is 12.2. The molecule has 0 amide bonds. The second-order valence-electron chi connectivity index (χ2n) is 7.66. The maximum atomic E-state index is 12.2. The Morgan fingerprint density at radius 2 is 1.70 bits per heavy atom. The lowest BCUT2D eigenvalue weighted by molar-refractivity contribution is -0.0501. The number of rotatable bonds is 11. The van der Waals surface area contributed by atoms with Gasteiger partial charge < -0.3 is 39.4 Å². The van der Waals surface area contributed by atoms with Gasteiger partial charge in [-0.25, -0.2) is 23.8 Å². The molecule has 1 saturated heterocycles. The minimum atomic E-state index is -5.58. The number of hydrogen-bond acceptors (Lipinski definition) is 12. The van der Waals surface area contributed by atoms with Crippen LogP contribution in [0.4, 0.5) is 5.82 Å². The summed E-state index contributed by atoms with van der Waals surface area (Å²) in [4.78, 5) is 52.8. The minimum Gasteiger partial charge on any atom is -0.387 e. The zero-order valence-corrected chi connectivity index (χ0v) is 24.9. The van der Waals surface area contributed by atoms with Crippen molar-refractivity contribution in [1.29, 1.82) is 0 Å². The van der Waals surface area contributed by atoms with E-state index in [-0.39, 0.29) is 5.65 Å². The van der Waals surface area contributed by atoms with Gasteiger partial charge in [-0.1, -0.05) is 0 Å². The van der Waals surface area contributed by atoms with E-state index in [1.54, 1.807) is 0 Å². The molecule has 3 heterocycles. The van der Waals surface area contributed by atoms with Gasteiger partial charge in [-0.3, -0.25) is 18.2 Å². The highest BCUT2D eigenvalue weighted by Gasteiger charge is 2.61. The molecular formula is C15H24Br2N5O12P3. The van der Waals surface area contributed by atoms with E-state index in [4.69, 9.17) is 4.74 Å². The molecule has 3 rings (SSSR count). The first-order chi connectivity index (χ1) is 17.0. The number of aromatic nitrogens is 4. The number of alkyl halides is 2. The summed E-state index contributed by atoms with van der Waals surface area (Å²) in [6, 6.07) is 0. The van der Waals surface area contributed by atoms with Crippen molar-refractivity contribution in [2.75, 3.05) is 24.6 Å². The summed E-state index contributed by atoms with van der Waals surface area (Å²) in [5, 5.41) is 21.0. The van der Waals surface area contributed by atoms with Crippen LogP contribution >= 0.6 is 54.9 Å². The summed E-state index contributed by atoms with van der Waals surface area (Å²) in [5.41, 5.74) is 0.678. The monoisotopic (exact) mass is 717 g/mol. The van der Waals surface area contributed by atoms with Gasteiger partial charge in [0.05, 0.1) is 12.9 Å². The number of fused-ring (bicyclic) bond motifs is 1. The highest BCUT2D eigenvalue weighted by Crippen LogP contribution is 2.81. The topological polar surface area (TPSA) is 247 Å². The number of aliphatic hydroxyl groups excluding tert-OH is 2. The molecule has 2 aromatic heterocycles. The van der Waals surface area contributed by atoms with Crippen molar-refractivity contribution in [2.45, 2.75) is 41.1 Å². The molecule has 6 N–H and O–H groups in total. The number of imidazole rings is 1. The molecule has 0 radical (unpaired) electrons. The normalized spacial score (nSPS) is 26.2. The van der Waals surface area contributed by atoms with E-state index in [0.717, 1.165) is 0 Å². The van der Waals surface area contributed by atoms with Gasteiger partial charge in [0.1, 0.15) is 24.6 Å². The van der Waals surface area contributed by atoms with Gasteiger partial charge >= 0.3 is 23.0 Å². The predicted octanol–water partition coefficient (Wildman–Crippen LogP) is 1.19. The van der Waals surface area contributed by atoms with E-state index in [1.165, 1.54) is 17.2 Å². The molecule has 37 heavy (non-hydrogen) atoms. The zero-order chi connectivity index (χ0) is 28.0. The number of phosphoric acid groups is 1. The van der Waals surface area contributed by atoms with Crippen LogP contribution in [0.15, 0.2) is 12.7 Å². The van der Waals surface area contributed by atoms with E-state index in [1.807, 2.05) is 18.7 Å². The summed E-state index contributed by atoms with van der Waals surface area (Å²) in [6.07, 6.45) is -3.33. The first-order valence-corrected chi connectivity index (χ1v) is 16.6. The summed E-state index contributed by atoms with van der Waals surface area (Å²) >= 11 is 4.58. The molecule has 0 aliphatic carbocycles. The lowest BCUT2D eigenvalue weighted by Crippen LogP contribution is -2.33. The Morgan fingerprint density at radius 3 is 2.27 bits per heavy atom. The molecule has 1 fully saturated rings. The minimum absolute atomic E-state index is 0.274. The molecule has 0 aromatic carbocycles. The van der Waals surface area contributed by atoms with Crippen molar-refractivity contribution < 1.29 is 57.1 Å². The smallest absolute Gasteiger partial charge is 0.387 e. The van der Waals surface area contributed by atoms with Crippen LogP contribution in [-0.4, -0.2) is 90.0 Å². The number of hydrogen-bond donors (Lipinski definition) is 6. The average Bonchev–Trinajstić information content (AvgIpc) is 3.33. The van der Waals surface area contributed by atoms with Crippen LogP contribution in [0.1, 0.15) is 20.1 Å². The van der Waals surface area contributed by atoms with Crippen molar-refractivity contribution >= 4 is 71.9 Å². The number of phosphoric ester groups is 1. The lowest BCUT2D eigenvalue weighted by Gasteiger charge is -2.27. The fourth-order valence-corrected chi connectivity index (χ4v) is 8.27. The van der Waals surface area contributed by atoms with Crippen LogP contribution in [0.5, 0.6) is 0 Å². The third-order valence-corrected chi connectivity index (χ3v) is 15.9. The molecule has 0 spiro atoms. The Hall–Kier alpha value is -0.360. The largest absolute Gasteiger partial charge is 0.479 e. The molecule has 1 aliphatic heterocycles. The molecule has 1 aliphatic rings. The maximum Gasteiger partial charge on any atom is 0.479 e. The van der Waals surface area contributed by atoms with Crippen LogP contribution < -0.4 is 4.90 Å². The van der Waals surface area contributed by atoms with Crippen LogP contribution in [-0.2, 0) is 27.3 Å². The summed E-state index contributed by atoms with van der Waals surface area (Å²) in [5.74, 6) is 0.540. The molecule has 210 valence electrons. The molecule has 2 aromatic rings. The summed E-state index contributed by atoms with van der Waals surface area (Å²) < 4.78 is 48.5. The van der Waals surface area contributed by atoms with Gasteiger partial charge in [-0.05, 0) is 45.7 Å². The van der Waals surface area contributed by atoms with Crippen LogP contribution in [0.25, 0.3) is 11.2 Å². The molecule has 0 saturated carbocycles. The summed E-state index contributed by atoms with van der Waals surface area (Å²) in [7, 11) is -16.4. The van der Waals surface area contributed by atoms with E-state index < -0.39 is 56.9 Å². The Bertz CT molecular complexity index is 1270. The third kappa shape index (κ3) is 6.20. The van der Waals surface area contributed by atoms with Gasteiger partial charge in [0.2, 0.25) is 0 Å². The van der Waals surface area contributed by atoms with Crippen LogP contribution in [0.3, 0.4) is 0 Å². The Morgan fingerprint density at radius 1 is 1.08 bits per heavy atom. The quantitative estimate of drug-likeness (QED) is 0.141. The third-order valence-electron chi connectivity index (χ3n) is 5.32. The first kappa shape index (κ1) is 31.2. The summed E-state index contributed by atoms with van der Waals surface area (Å²) in [6.45, 7) is 4.21. The Kier molecular flexibility index (Phi) is 9.48. The predicted molar refractivity (Wildman–Crippen MR) is 134 cm³/mol. The van der Waals surface area contributed by atoms with Crippen LogP contribution in [0.2, 0.25) is 0 Å². The van der Waals surface area contributed by atoms with E-state index >= 15 is 0 Å². The van der Waals surface area contributed by atoms with Crippen molar-refractivity contribution in [3.63, 3.8) is 0 Å². The SMILES string of the molecule is CCN(CC)c1ncnc2c1ncn2[C@@H]1O[C@H](COP(=O)(O)OP(=O)(O)C(Br)(Br)P(=O)(O)O)[C@H](O)[C@@H]1O. The number of anilines is 1. The second-order valence-corrected chi connectivity index (χ2v) is 19.2. The molecule has 2 unspecified atom stereocenters. The molecule has 17 nitrogen and oxygen atoms in total. The Balaban J connectivity index is 1.77. The van der Waals surface area contributed by atoms with E-state index in [0.29, 0.717) is 24.4 Å².